The maximum absolute atomic E-state index is 5.97. The highest BCUT2D eigenvalue weighted by Gasteiger charge is 2.30. The molecule has 3 aromatic rings. The third-order valence-electron chi connectivity index (χ3n) is 4.41. The molecule has 23 heavy (non-hydrogen) atoms. The van der Waals surface area contributed by atoms with E-state index in [1.165, 1.54) is 5.56 Å². The van der Waals surface area contributed by atoms with Gasteiger partial charge in [-0.2, -0.15) is 10.1 Å². The van der Waals surface area contributed by atoms with Crippen molar-refractivity contribution in [3.05, 3.63) is 53.5 Å². The van der Waals surface area contributed by atoms with E-state index in [1.807, 2.05) is 28.9 Å². The Morgan fingerprint density at radius 1 is 1.13 bits per heavy atom. The molecule has 0 unspecified atom stereocenters. The van der Waals surface area contributed by atoms with Crippen LogP contribution < -0.4 is 0 Å². The number of hydrogen-bond acceptors (Lipinski definition) is 5. The van der Waals surface area contributed by atoms with Crippen molar-refractivity contribution in [3.63, 3.8) is 0 Å². The molecule has 0 spiro atoms. The van der Waals surface area contributed by atoms with Gasteiger partial charge in [-0.1, -0.05) is 35.5 Å². The zero-order chi connectivity index (χ0) is 15.2. The van der Waals surface area contributed by atoms with Gasteiger partial charge in [-0.25, -0.2) is 0 Å². The summed E-state index contributed by atoms with van der Waals surface area (Å²) >= 11 is 0. The first kappa shape index (κ1) is 13.0. The van der Waals surface area contributed by atoms with Crippen LogP contribution in [-0.4, -0.2) is 19.9 Å². The van der Waals surface area contributed by atoms with Gasteiger partial charge in [0.2, 0.25) is 0 Å². The molecular formula is C17H16N4O2. The minimum atomic E-state index is 0.0289. The predicted octanol–water partition coefficient (Wildman–Crippen LogP) is 3.08. The van der Waals surface area contributed by atoms with Crippen molar-refractivity contribution < 1.29 is 9.26 Å². The second-order valence-corrected chi connectivity index (χ2v) is 6.15. The Hall–Kier alpha value is -2.47. The highest BCUT2D eigenvalue weighted by Crippen LogP contribution is 2.39. The number of aromatic nitrogens is 4. The van der Waals surface area contributed by atoms with Gasteiger partial charge in [0, 0.05) is 5.92 Å². The second kappa shape index (κ2) is 5.03. The zero-order valence-corrected chi connectivity index (χ0v) is 12.6. The lowest BCUT2D eigenvalue weighted by molar-refractivity contribution is -0.00113. The highest BCUT2D eigenvalue weighted by molar-refractivity contribution is 5.47. The maximum atomic E-state index is 5.97. The van der Waals surface area contributed by atoms with Crippen molar-refractivity contribution >= 4 is 0 Å². The standard InChI is InChI=1S/C17H16N4O2/c1-2-4-11(5-3-1)15-9-21-13(10-22-15)8-14(19-21)17-18-16(20-23-17)12-6-7-12/h1-5,8,12,15H,6-7,9-10H2/t15-/m1/s1. The lowest BCUT2D eigenvalue weighted by Gasteiger charge is -2.24. The Morgan fingerprint density at radius 3 is 2.83 bits per heavy atom. The molecule has 0 bridgehead atoms. The van der Waals surface area contributed by atoms with Crippen molar-refractivity contribution in [1.82, 2.24) is 19.9 Å². The lowest BCUT2D eigenvalue weighted by atomic mass is 10.1. The average molecular weight is 308 g/mol. The molecule has 116 valence electrons. The van der Waals surface area contributed by atoms with Gasteiger partial charge in [-0.15, -0.1) is 0 Å². The second-order valence-electron chi connectivity index (χ2n) is 6.15. The molecule has 6 nitrogen and oxygen atoms in total. The summed E-state index contributed by atoms with van der Waals surface area (Å²) in [5.74, 6) is 1.80. The smallest absolute Gasteiger partial charge is 0.278 e. The molecule has 1 aliphatic carbocycles. The van der Waals surface area contributed by atoms with Gasteiger partial charge in [0.1, 0.15) is 6.10 Å². The van der Waals surface area contributed by atoms with Crippen LogP contribution in [0.3, 0.4) is 0 Å². The van der Waals surface area contributed by atoms with Gasteiger partial charge < -0.3 is 9.26 Å². The molecule has 1 aromatic carbocycles. The van der Waals surface area contributed by atoms with Crippen molar-refractivity contribution in [2.75, 3.05) is 0 Å². The Kier molecular flexibility index (Phi) is 2.84. The molecule has 0 radical (unpaired) electrons. The topological polar surface area (TPSA) is 66.0 Å². The highest BCUT2D eigenvalue weighted by atomic mass is 16.5. The van der Waals surface area contributed by atoms with Crippen LogP contribution in [0.15, 0.2) is 40.9 Å². The first-order valence-electron chi connectivity index (χ1n) is 7.94. The van der Waals surface area contributed by atoms with Crippen LogP contribution >= 0.6 is 0 Å². The number of fused-ring (bicyclic) bond motifs is 1. The molecule has 5 rings (SSSR count). The number of hydrogen-bond donors (Lipinski definition) is 0. The largest absolute Gasteiger partial charge is 0.365 e. The molecular weight excluding hydrogens is 292 g/mol. The van der Waals surface area contributed by atoms with Gasteiger partial charge in [0.15, 0.2) is 11.5 Å². The molecule has 0 amide bonds. The van der Waals surface area contributed by atoms with Gasteiger partial charge >= 0.3 is 0 Å². The first-order valence-corrected chi connectivity index (χ1v) is 7.94. The van der Waals surface area contributed by atoms with E-state index in [9.17, 15) is 0 Å². The SMILES string of the molecule is c1ccc([C@H]2Cn3nc(-c4nc(C5CC5)no4)cc3CO2)cc1. The van der Waals surface area contributed by atoms with Crippen molar-refractivity contribution in [2.45, 2.75) is 38.0 Å². The van der Waals surface area contributed by atoms with Gasteiger partial charge in [0.25, 0.3) is 5.89 Å². The minimum absolute atomic E-state index is 0.0289. The molecule has 1 fully saturated rings. The third kappa shape index (κ3) is 2.35. The molecule has 0 N–H and O–H groups in total. The van der Waals surface area contributed by atoms with E-state index in [1.54, 1.807) is 0 Å². The Labute approximate surface area is 133 Å². The van der Waals surface area contributed by atoms with E-state index >= 15 is 0 Å². The van der Waals surface area contributed by atoms with E-state index in [0.29, 0.717) is 25.0 Å². The molecule has 0 saturated heterocycles. The lowest BCUT2D eigenvalue weighted by Crippen LogP contribution is -2.21. The van der Waals surface area contributed by atoms with Crippen LogP contribution in [0, 0.1) is 0 Å². The number of ether oxygens (including phenoxy) is 1. The van der Waals surface area contributed by atoms with Crippen LogP contribution in [0.4, 0.5) is 0 Å². The van der Waals surface area contributed by atoms with Gasteiger partial charge in [-0.05, 0) is 24.5 Å². The van der Waals surface area contributed by atoms with E-state index in [0.717, 1.165) is 30.1 Å². The molecule has 2 aliphatic rings. The molecule has 1 saturated carbocycles. The number of nitrogens with zero attached hydrogens (tertiary/aromatic N) is 4. The summed E-state index contributed by atoms with van der Waals surface area (Å²) < 4.78 is 13.3. The maximum Gasteiger partial charge on any atom is 0.278 e. The fourth-order valence-electron chi connectivity index (χ4n) is 2.95. The van der Waals surface area contributed by atoms with Crippen LogP contribution in [0.2, 0.25) is 0 Å². The summed E-state index contributed by atoms with van der Waals surface area (Å²) in [6, 6.07) is 12.2. The van der Waals surface area contributed by atoms with E-state index in [4.69, 9.17) is 9.26 Å². The fourth-order valence-corrected chi connectivity index (χ4v) is 2.95. The Morgan fingerprint density at radius 2 is 2.00 bits per heavy atom. The Balaban J connectivity index is 1.42. The molecule has 3 heterocycles. The first-order chi connectivity index (χ1) is 11.4. The third-order valence-corrected chi connectivity index (χ3v) is 4.41. The number of rotatable bonds is 3. The van der Waals surface area contributed by atoms with Crippen molar-refractivity contribution in [3.8, 4) is 11.6 Å². The Bertz CT molecular complexity index is 835. The molecule has 1 atom stereocenters. The van der Waals surface area contributed by atoms with Crippen molar-refractivity contribution in [1.29, 1.82) is 0 Å². The van der Waals surface area contributed by atoms with E-state index in [2.05, 4.69) is 27.4 Å². The average Bonchev–Trinajstić information content (AvgIpc) is 3.18. The fraction of sp³-hybridized carbons (Fsp3) is 0.353. The molecule has 1 aliphatic heterocycles. The van der Waals surface area contributed by atoms with Crippen LogP contribution in [-0.2, 0) is 17.9 Å². The van der Waals surface area contributed by atoms with Crippen molar-refractivity contribution in [2.24, 2.45) is 0 Å². The van der Waals surface area contributed by atoms with Gasteiger partial charge in [0.05, 0.1) is 18.8 Å². The minimum Gasteiger partial charge on any atom is -0.365 e. The zero-order valence-electron chi connectivity index (χ0n) is 12.6. The summed E-state index contributed by atoms with van der Waals surface area (Å²) in [5, 5.41) is 8.69. The van der Waals surface area contributed by atoms with E-state index < -0.39 is 0 Å². The predicted molar refractivity (Wildman–Crippen MR) is 81.5 cm³/mol. The summed E-state index contributed by atoms with van der Waals surface area (Å²) in [7, 11) is 0. The van der Waals surface area contributed by atoms with Crippen LogP contribution in [0.5, 0.6) is 0 Å². The van der Waals surface area contributed by atoms with Gasteiger partial charge in [-0.3, -0.25) is 4.68 Å². The number of benzene rings is 1. The summed E-state index contributed by atoms with van der Waals surface area (Å²) in [6.07, 6.45) is 2.34. The summed E-state index contributed by atoms with van der Waals surface area (Å²) in [4.78, 5) is 4.47. The quantitative estimate of drug-likeness (QED) is 0.744. The molecule has 6 heteroatoms. The van der Waals surface area contributed by atoms with Crippen LogP contribution in [0.1, 0.15) is 41.9 Å². The summed E-state index contributed by atoms with van der Waals surface area (Å²) in [5.41, 5.74) is 2.94. The van der Waals surface area contributed by atoms with E-state index in [-0.39, 0.29) is 6.10 Å². The van der Waals surface area contributed by atoms with Crippen LogP contribution in [0.25, 0.3) is 11.6 Å². The normalized spacial score (nSPS) is 20.4. The monoisotopic (exact) mass is 308 g/mol. The summed E-state index contributed by atoms with van der Waals surface area (Å²) in [6.45, 7) is 1.24. The molecule has 2 aromatic heterocycles.